The molecule has 2 N–H and O–H groups in total. The van der Waals surface area contributed by atoms with Crippen LogP contribution in [0, 0.1) is 0 Å². The Kier molecular flexibility index (Phi) is 4.90. The molecule has 1 aromatic carbocycles. The molecule has 0 saturated carbocycles. The summed E-state index contributed by atoms with van der Waals surface area (Å²) < 4.78 is 0.828. The van der Waals surface area contributed by atoms with Crippen LogP contribution in [0.25, 0.3) is 0 Å². The summed E-state index contributed by atoms with van der Waals surface area (Å²) in [6.07, 6.45) is 3.35. The molecule has 0 aliphatic heterocycles. The third-order valence-electron chi connectivity index (χ3n) is 2.57. The maximum absolute atomic E-state index is 12.1. The molecule has 20 heavy (non-hydrogen) atoms. The van der Waals surface area contributed by atoms with E-state index >= 15 is 0 Å². The van der Waals surface area contributed by atoms with Gasteiger partial charge in [0, 0.05) is 22.9 Å². The topological polar surface area (TPSA) is 54.0 Å². The van der Waals surface area contributed by atoms with Crippen LogP contribution in [-0.2, 0) is 0 Å². The highest BCUT2D eigenvalue weighted by atomic mass is 79.9. The summed E-state index contributed by atoms with van der Waals surface area (Å²) >= 11 is 3.39. The van der Waals surface area contributed by atoms with Gasteiger partial charge in [-0.2, -0.15) is 0 Å². The quantitative estimate of drug-likeness (QED) is 0.821. The first-order chi connectivity index (χ1) is 9.70. The fourth-order valence-corrected chi connectivity index (χ4v) is 1.99. The molecule has 4 nitrogen and oxygen atoms in total. The van der Waals surface area contributed by atoms with E-state index in [0.29, 0.717) is 17.9 Å². The Hall–Kier alpha value is -2.14. The van der Waals surface area contributed by atoms with Gasteiger partial charge >= 0.3 is 0 Å². The minimum absolute atomic E-state index is 0.251. The molecule has 0 atom stereocenters. The Morgan fingerprint density at radius 1 is 1.35 bits per heavy atom. The van der Waals surface area contributed by atoms with Crippen LogP contribution < -0.4 is 10.6 Å². The summed E-state index contributed by atoms with van der Waals surface area (Å²) in [6.45, 7) is 4.27. The molecule has 0 radical (unpaired) electrons. The largest absolute Gasteiger partial charge is 0.381 e. The van der Waals surface area contributed by atoms with Crippen LogP contribution in [0.1, 0.15) is 10.5 Å². The number of benzene rings is 1. The molecule has 5 heteroatoms. The first kappa shape index (κ1) is 14.3. The van der Waals surface area contributed by atoms with Crippen molar-refractivity contribution in [3.05, 3.63) is 65.4 Å². The number of carbonyl (C=O) groups excluding carboxylic acids is 1. The molecule has 2 rings (SSSR count). The van der Waals surface area contributed by atoms with Crippen LogP contribution in [0.15, 0.2) is 59.7 Å². The van der Waals surface area contributed by atoms with Gasteiger partial charge in [-0.25, -0.2) is 0 Å². The minimum Gasteiger partial charge on any atom is -0.381 e. The van der Waals surface area contributed by atoms with Gasteiger partial charge < -0.3 is 10.6 Å². The lowest BCUT2D eigenvalue weighted by molar-refractivity contribution is 0.102. The summed E-state index contributed by atoms with van der Waals surface area (Å²) in [4.78, 5) is 16.2. The monoisotopic (exact) mass is 331 g/mol. The molecule has 0 saturated heterocycles. The van der Waals surface area contributed by atoms with Crippen molar-refractivity contribution in [1.29, 1.82) is 0 Å². The summed E-state index contributed by atoms with van der Waals surface area (Å²) in [5, 5.41) is 5.93. The zero-order chi connectivity index (χ0) is 14.4. The average molecular weight is 332 g/mol. The molecule has 0 aliphatic rings. The molecule has 0 unspecified atom stereocenters. The van der Waals surface area contributed by atoms with Gasteiger partial charge in [-0.1, -0.05) is 18.2 Å². The number of aromatic nitrogens is 1. The average Bonchev–Trinajstić information content (AvgIpc) is 2.48. The van der Waals surface area contributed by atoms with Gasteiger partial charge in [0.1, 0.15) is 5.69 Å². The minimum atomic E-state index is -0.251. The van der Waals surface area contributed by atoms with E-state index in [1.165, 1.54) is 0 Å². The van der Waals surface area contributed by atoms with Gasteiger partial charge in [0.05, 0.1) is 5.69 Å². The normalized spacial score (nSPS) is 9.85. The Bertz CT molecular complexity index is 628. The smallest absolute Gasteiger partial charge is 0.274 e. The van der Waals surface area contributed by atoms with Crippen molar-refractivity contribution in [2.45, 2.75) is 0 Å². The number of amides is 1. The van der Waals surface area contributed by atoms with Crippen LogP contribution >= 0.6 is 15.9 Å². The Labute approximate surface area is 126 Å². The SMILES string of the molecule is C=CCNc1ccnc(C(=O)Nc2ccccc2Br)c1. The van der Waals surface area contributed by atoms with E-state index in [1.807, 2.05) is 24.3 Å². The molecule has 1 aromatic heterocycles. The fraction of sp³-hybridized carbons (Fsp3) is 0.0667. The third-order valence-corrected chi connectivity index (χ3v) is 3.26. The van der Waals surface area contributed by atoms with Crippen molar-refractivity contribution in [1.82, 2.24) is 4.98 Å². The summed E-state index contributed by atoms with van der Waals surface area (Å²) in [7, 11) is 0. The number of nitrogens with zero attached hydrogens (tertiary/aromatic N) is 1. The van der Waals surface area contributed by atoms with Crippen molar-refractivity contribution in [3.8, 4) is 0 Å². The summed E-state index contributed by atoms with van der Waals surface area (Å²) in [6, 6.07) is 10.9. The van der Waals surface area contributed by atoms with E-state index in [2.05, 4.69) is 38.1 Å². The van der Waals surface area contributed by atoms with Gasteiger partial charge in [-0.3, -0.25) is 9.78 Å². The Morgan fingerprint density at radius 2 is 2.15 bits per heavy atom. The molecule has 0 spiro atoms. The zero-order valence-corrected chi connectivity index (χ0v) is 12.4. The van der Waals surface area contributed by atoms with Crippen LogP contribution in [0.4, 0.5) is 11.4 Å². The van der Waals surface area contributed by atoms with Gasteiger partial charge in [0.25, 0.3) is 5.91 Å². The lowest BCUT2D eigenvalue weighted by Crippen LogP contribution is -2.14. The molecular weight excluding hydrogens is 318 g/mol. The van der Waals surface area contributed by atoms with Crippen LogP contribution in [0.5, 0.6) is 0 Å². The first-order valence-corrected chi connectivity index (χ1v) is 6.86. The van der Waals surface area contributed by atoms with Gasteiger partial charge in [0.15, 0.2) is 0 Å². The second kappa shape index (κ2) is 6.86. The molecule has 0 fully saturated rings. The molecule has 1 amide bonds. The lowest BCUT2D eigenvalue weighted by Gasteiger charge is -2.08. The summed E-state index contributed by atoms with van der Waals surface area (Å²) in [5.74, 6) is -0.251. The molecule has 102 valence electrons. The van der Waals surface area contributed by atoms with E-state index in [-0.39, 0.29) is 5.91 Å². The number of hydrogen-bond donors (Lipinski definition) is 2. The molecular formula is C15H14BrN3O. The number of hydrogen-bond acceptors (Lipinski definition) is 3. The van der Waals surface area contributed by atoms with E-state index in [9.17, 15) is 4.79 Å². The lowest BCUT2D eigenvalue weighted by atomic mass is 10.2. The number of halogens is 1. The standard InChI is InChI=1S/C15H14BrN3O/c1-2-8-17-11-7-9-18-14(10-11)15(20)19-13-6-4-3-5-12(13)16/h2-7,9-10H,1,8H2,(H,17,18)(H,19,20). The van der Waals surface area contributed by atoms with Crippen molar-refractivity contribution in [2.24, 2.45) is 0 Å². The van der Waals surface area contributed by atoms with E-state index in [4.69, 9.17) is 0 Å². The van der Waals surface area contributed by atoms with Crippen molar-refractivity contribution < 1.29 is 4.79 Å². The highest BCUT2D eigenvalue weighted by Crippen LogP contribution is 2.21. The van der Waals surface area contributed by atoms with Crippen LogP contribution in [0.2, 0.25) is 0 Å². The third kappa shape index (κ3) is 3.68. The number of anilines is 2. The molecule has 0 aliphatic carbocycles. The maximum atomic E-state index is 12.1. The van der Waals surface area contributed by atoms with Gasteiger partial charge in [-0.05, 0) is 40.2 Å². The number of nitrogens with one attached hydrogen (secondary N) is 2. The number of pyridine rings is 1. The second-order valence-electron chi connectivity index (χ2n) is 4.03. The van der Waals surface area contributed by atoms with Crippen molar-refractivity contribution >= 4 is 33.2 Å². The van der Waals surface area contributed by atoms with E-state index in [1.54, 1.807) is 24.4 Å². The number of para-hydroxylation sites is 1. The summed E-state index contributed by atoms with van der Waals surface area (Å²) in [5.41, 5.74) is 1.90. The first-order valence-electron chi connectivity index (χ1n) is 6.07. The van der Waals surface area contributed by atoms with Crippen molar-refractivity contribution in [3.63, 3.8) is 0 Å². The molecule has 1 heterocycles. The predicted molar refractivity (Wildman–Crippen MR) is 85.0 cm³/mol. The van der Waals surface area contributed by atoms with Gasteiger partial charge in [-0.15, -0.1) is 6.58 Å². The zero-order valence-electron chi connectivity index (χ0n) is 10.8. The fourth-order valence-electron chi connectivity index (χ4n) is 1.60. The molecule has 2 aromatic rings. The second-order valence-corrected chi connectivity index (χ2v) is 4.89. The maximum Gasteiger partial charge on any atom is 0.274 e. The van der Waals surface area contributed by atoms with Crippen molar-refractivity contribution in [2.75, 3.05) is 17.2 Å². The highest BCUT2D eigenvalue weighted by molar-refractivity contribution is 9.10. The van der Waals surface area contributed by atoms with Crippen LogP contribution in [0.3, 0.4) is 0 Å². The van der Waals surface area contributed by atoms with Gasteiger partial charge in [0.2, 0.25) is 0 Å². The molecule has 0 bridgehead atoms. The Balaban J connectivity index is 2.13. The van der Waals surface area contributed by atoms with Crippen LogP contribution in [-0.4, -0.2) is 17.4 Å². The van der Waals surface area contributed by atoms with E-state index < -0.39 is 0 Å². The Morgan fingerprint density at radius 3 is 2.90 bits per heavy atom. The predicted octanol–water partition coefficient (Wildman–Crippen LogP) is 3.69. The highest BCUT2D eigenvalue weighted by Gasteiger charge is 2.09. The number of carbonyl (C=O) groups is 1. The van der Waals surface area contributed by atoms with E-state index in [0.717, 1.165) is 10.2 Å². The number of rotatable bonds is 5.